The van der Waals surface area contributed by atoms with Gasteiger partial charge in [0.1, 0.15) is 6.07 Å². The van der Waals surface area contributed by atoms with Gasteiger partial charge in [-0.05, 0) is 22.9 Å². The quantitative estimate of drug-likeness (QED) is 0.791. The predicted molar refractivity (Wildman–Crippen MR) is 63.1 cm³/mol. The number of rotatable bonds is 3. The lowest BCUT2D eigenvalue weighted by atomic mass is 10.1. The van der Waals surface area contributed by atoms with Crippen molar-refractivity contribution in [2.45, 2.75) is 0 Å². The Morgan fingerprint density at radius 1 is 1.19 bits per heavy atom. The molecule has 16 heavy (non-hydrogen) atoms. The van der Waals surface area contributed by atoms with Crippen molar-refractivity contribution in [3.05, 3.63) is 42.5 Å². The Balaban J connectivity index is 2.20. The molecule has 0 aliphatic heterocycles. The van der Waals surface area contributed by atoms with Crippen molar-refractivity contribution in [3.63, 3.8) is 0 Å². The van der Waals surface area contributed by atoms with Crippen molar-refractivity contribution in [2.24, 2.45) is 0 Å². The number of nitriles is 1. The second-order valence-electron chi connectivity index (χ2n) is 3.45. The van der Waals surface area contributed by atoms with E-state index >= 15 is 0 Å². The minimum Gasteiger partial charge on any atom is -0.377 e. The minimum atomic E-state index is -0.465. The van der Waals surface area contributed by atoms with Crippen LogP contribution in [0, 0.1) is 11.3 Å². The number of carbonyl (C=O) groups excluding carboxylic acids is 1. The molecule has 3 heteroatoms. The molecule has 0 amide bonds. The molecule has 2 rings (SSSR count). The van der Waals surface area contributed by atoms with E-state index in [-0.39, 0.29) is 6.54 Å². The molecule has 3 nitrogen and oxygen atoms in total. The van der Waals surface area contributed by atoms with E-state index in [1.807, 2.05) is 42.5 Å². The highest BCUT2D eigenvalue weighted by molar-refractivity contribution is 5.96. The van der Waals surface area contributed by atoms with Crippen LogP contribution in [-0.4, -0.2) is 12.3 Å². The number of fused-ring (bicyclic) bond motifs is 1. The lowest BCUT2D eigenvalue weighted by molar-refractivity contribution is -0.112. The third-order valence-electron chi connectivity index (χ3n) is 2.33. The lowest BCUT2D eigenvalue weighted by Crippen LogP contribution is -2.11. The van der Waals surface area contributed by atoms with Gasteiger partial charge >= 0.3 is 0 Å². The Bertz CT molecular complexity index is 569. The molecule has 2 aromatic carbocycles. The van der Waals surface area contributed by atoms with E-state index in [1.165, 1.54) is 0 Å². The average Bonchev–Trinajstić information content (AvgIpc) is 2.35. The zero-order chi connectivity index (χ0) is 11.4. The van der Waals surface area contributed by atoms with Gasteiger partial charge in [-0.15, -0.1) is 0 Å². The molecular weight excluding hydrogens is 200 g/mol. The molecule has 2 aromatic rings. The highest BCUT2D eigenvalue weighted by atomic mass is 16.1. The standard InChI is InChI=1S/C13H10N2O/c14-8-13(16)9-15-12-6-5-10-3-1-2-4-11(10)7-12/h1-7,15H,9H2. The van der Waals surface area contributed by atoms with Crippen molar-refractivity contribution in [1.82, 2.24) is 0 Å². The summed E-state index contributed by atoms with van der Waals surface area (Å²) in [4.78, 5) is 10.8. The summed E-state index contributed by atoms with van der Waals surface area (Å²) >= 11 is 0. The van der Waals surface area contributed by atoms with Crippen molar-refractivity contribution in [3.8, 4) is 6.07 Å². The van der Waals surface area contributed by atoms with E-state index in [0.29, 0.717) is 0 Å². The Morgan fingerprint density at radius 3 is 2.69 bits per heavy atom. The molecule has 0 unspecified atom stereocenters. The van der Waals surface area contributed by atoms with Crippen LogP contribution in [0.3, 0.4) is 0 Å². The monoisotopic (exact) mass is 210 g/mol. The summed E-state index contributed by atoms with van der Waals surface area (Å²) in [5.74, 6) is -0.465. The molecule has 0 radical (unpaired) electrons. The first-order valence-electron chi connectivity index (χ1n) is 4.95. The summed E-state index contributed by atoms with van der Waals surface area (Å²) in [6.45, 7) is 0.0504. The van der Waals surface area contributed by atoms with Gasteiger partial charge in [-0.1, -0.05) is 30.3 Å². The molecule has 0 saturated heterocycles. The largest absolute Gasteiger partial charge is 0.377 e. The zero-order valence-electron chi connectivity index (χ0n) is 8.60. The van der Waals surface area contributed by atoms with Gasteiger partial charge in [0.25, 0.3) is 5.78 Å². The second-order valence-corrected chi connectivity index (χ2v) is 3.45. The highest BCUT2D eigenvalue weighted by Crippen LogP contribution is 2.18. The van der Waals surface area contributed by atoms with E-state index in [0.717, 1.165) is 16.5 Å². The maximum Gasteiger partial charge on any atom is 0.250 e. The van der Waals surface area contributed by atoms with Gasteiger partial charge in [0.15, 0.2) is 0 Å². The summed E-state index contributed by atoms with van der Waals surface area (Å²) in [5.41, 5.74) is 0.849. The summed E-state index contributed by atoms with van der Waals surface area (Å²) in [5, 5.41) is 13.5. The number of hydrogen-bond donors (Lipinski definition) is 1. The number of Topliss-reactive ketones (excluding diaryl/α,β-unsaturated/α-hetero) is 1. The molecule has 78 valence electrons. The Labute approximate surface area is 93.3 Å². The Kier molecular flexibility index (Phi) is 2.84. The maximum atomic E-state index is 10.8. The minimum absolute atomic E-state index is 0.0504. The number of carbonyl (C=O) groups is 1. The number of nitrogens with one attached hydrogen (secondary N) is 1. The van der Waals surface area contributed by atoms with Crippen molar-refractivity contribution < 1.29 is 4.79 Å². The number of benzene rings is 2. The van der Waals surface area contributed by atoms with Crippen LogP contribution in [0.4, 0.5) is 5.69 Å². The van der Waals surface area contributed by atoms with Crippen LogP contribution in [0.25, 0.3) is 10.8 Å². The first-order chi connectivity index (χ1) is 7.79. The Hall–Kier alpha value is -2.34. The first-order valence-corrected chi connectivity index (χ1v) is 4.95. The molecule has 1 N–H and O–H groups in total. The number of hydrogen-bond acceptors (Lipinski definition) is 3. The summed E-state index contributed by atoms with van der Waals surface area (Å²) in [6.07, 6.45) is 0. The molecule has 0 spiro atoms. The average molecular weight is 210 g/mol. The third-order valence-corrected chi connectivity index (χ3v) is 2.33. The van der Waals surface area contributed by atoms with Gasteiger partial charge in [0, 0.05) is 5.69 Å². The van der Waals surface area contributed by atoms with Gasteiger partial charge in [0.2, 0.25) is 0 Å². The van der Waals surface area contributed by atoms with Gasteiger partial charge in [-0.3, -0.25) is 4.79 Å². The summed E-state index contributed by atoms with van der Waals surface area (Å²) < 4.78 is 0. The van der Waals surface area contributed by atoms with Crippen LogP contribution >= 0.6 is 0 Å². The fourth-order valence-electron chi connectivity index (χ4n) is 1.52. The second kappa shape index (κ2) is 4.45. The number of nitrogens with zero attached hydrogens (tertiary/aromatic N) is 1. The van der Waals surface area contributed by atoms with Crippen molar-refractivity contribution >= 4 is 22.2 Å². The van der Waals surface area contributed by atoms with E-state index in [4.69, 9.17) is 5.26 Å². The molecule has 0 saturated carbocycles. The van der Waals surface area contributed by atoms with E-state index < -0.39 is 5.78 Å². The normalized spacial score (nSPS) is 9.69. The predicted octanol–water partition coefficient (Wildman–Crippen LogP) is 2.34. The molecule has 0 heterocycles. The fraction of sp³-hybridized carbons (Fsp3) is 0.0769. The summed E-state index contributed by atoms with van der Waals surface area (Å²) in [6, 6.07) is 15.4. The van der Waals surface area contributed by atoms with Crippen LogP contribution in [-0.2, 0) is 4.79 Å². The van der Waals surface area contributed by atoms with E-state index in [2.05, 4.69) is 5.32 Å². The Morgan fingerprint density at radius 2 is 1.94 bits per heavy atom. The number of ketones is 1. The molecular formula is C13H10N2O. The molecule has 0 aliphatic carbocycles. The van der Waals surface area contributed by atoms with E-state index in [1.54, 1.807) is 6.07 Å². The molecule has 0 aromatic heterocycles. The lowest BCUT2D eigenvalue weighted by Gasteiger charge is -2.04. The molecule has 0 bridgehead atoms. The fourth-order valence-corrected chi connectivity index (χ4v) is 1.52. The van der Waals surface area contributed by atoms with Crippen LogP contribution in [0.2, 0.25) is 0 Å². The van der Waals surface area contributed by atoms with Crippen LogP contribution in [0.5, 0.6) is 0 Å². The molecule has 0 aliphatic rings. The number of anilines is 1. The van der Waals surface area contributed by atoms with Crippen LogP contribution in [0.15, 0.2) is 42.5 Å². The SMILES string of the molecule is N#CC(=O)CNc1ccc2ccccc2c1. The third kappa shape index (κ3) is 2.18. The van der Waals surface area contributed by atoms with Crippen molar-refractivity contribution in [2.75, 3.05) is 11.9 Å². The zero-order valence-corrected chi connectivity index (χ0v) is 8.60. The molecule has 0 fully saturated rings. The van der Waals surface area contributed by atoms with E-state index in [9.17, 15) is 4.79 Å². The van der Waals surface area contributed by atoms with Gasteiger partial charge in [-0.25, -0.2) is 0 Å². The van der Waals surface area contributed by atoms with Crippen molar-refractivity contribution in [1.29, 1.82) is 5.26 Å². The highest BCUT2D eigenvalue weighted by Gasteiger charge is 1.99. The summed E-state index contributed by atoms with van der Waals surface area (Å²) in [7, 11) is 0. The van der Waals surface area contributed by atoms with Gasteiger partial charge < -0.3 is 5.32 Å². The van der Waals surface area contributed by atoms with Crippen LogP contribution in [0.1, 0.15) is 0 Å². The van der Waals surface area contributed by atoms with Crippen LogP contribution < -0.4 is 5.32 Å². The first kappa shape index (κ1) is 10.2. The topological polar surface area (TPSA) is 52.9 Å². The smallest absolute Gasteiger partial charge is 0.250 e. The maximum absolute atomic E-state index is 10.8. The van der Waals surface area contributed by atoms with Gasteiger partial charge in [-0.2, -0.15) is 5.26 Å². The van der Waals surface area contributed by atoms with Gasteiger partial charge in [0.05, 0.1) is 6.54 Å². The molecule has 0 atom stereocenters.